The Balaban J connectivity index is -0.000000250. The van der Waals surface area contributed by atoms with Crippen molar-refractivity contribution >= 4 is 0 Å². The van der Waals surface area contributed by atoms with Gasteiger partial charge in [-0.3, -0.25) is 0 Å². The molecule has 1 aliphatic rings. The molecule has 0 saturated carbocycles. The van der Waals surface area contributed by atoms with Gasteiger partial charge in [-0.05, 0) is 0 Å². The molecule has 0 aromatic heterocycles. The van der Waals surface area contributed by atoms with E-state index in [0.717, 1.165) is 0 Å². The second kappa shape index (κ2) is 9.65. The van der Waals surface area contributed by atoms with E-state index in [0.29, 0.717) is 0 Å². The quantitative estimate of drug-likeness (QED) is 0.418. The molecular weight excluding hydrogens is 306 g/mol. The number of halogens is 3. The maximum atomic E-state index is 2.26. The van der Waals surface area contributed by atoms with Crippen molar-refractivity contribution in [2.75, 3.05) is 0 Å². The van der Waals surface area contributed by atoms with Crippen LogP contribution >= 0.6 is 0 Å². The summed E-state index contributed by atoms with van der Waals surface area (Å²) in [6.07, 6.45) is 5.44. The van der Waals surface area contributed by atoms with Crippen LogP contribution in [0.1, 0.15) is 24.0 Å². The third kappa shape index (κ3) is 4.93. The Morgan fingerprint density at radius 3 is 2.23 bits per heavy atom. The van der Waals surface area contributed by atoms with Crippen LogP contribution in [-0.4, -0.2) is 0 Å². The molecule has 0 unspecified atom stereocenters. The van der Waals surface area contributed by atoms with Gasteiger partial charge in [0.15, 0.2) is 0 Å². The van der Waals surface area contributed by atoms with Gasteiger partial charge in [0, 0.05) is 0 Å². The molecule has 0 radical (unpaired) electrons. The smallest absolute Gasteiger partial charge is 1.00 e. The van der Waals surface area contributed by atoms with Crippen LogP contribution in [0.3, 0.4) is 0 Å². The third-order valence-electron chi connectivity index (χ3n) is 2.15. The monoisotopic (exact) mass is 314 g/mol. The molecule has 1 aromatic rings. The van der Waals surface area contributed by atoms with E-state index in [9.17, 15) is 0 Å². The standard InChI is InChI=1S/C9H11.3ClH.Zr/c1-2-5-9-7-3-6-8(9)4-1;;;;/h3,6-7H,1-2,4-5H2;3*1H;/q-1;;;;+4/p-3. The molecule has 0 heterocycles. The molecule has 1 aliphatic carbocycles. The summed E-state index contributed by atoms with van der Waals surface area (Å²) in [6.45, 7) is 0. The molecule has 0 amide bonds. The SMILES string of the molecule is [Cl-].[Cl-].[Cl-].[Zr+4].c1cc2c([cH-]1)CCCC2. The minimum Gasteiger partial charge on any atom is -1.00 e. The van der Waals surface area contributed by atoms with Gasteiger partial charge in [-0.2, -0.15) is 23.3 Å². The van der Waals surface area contributed by atoms with Gasteiger partial charge in [0.05, 0.1) is 0 Å². The summed E-state index contributed by atoms with van der Waals surface area (Å²) in [4.78, 5) is 0. The molecule has 0 N–H and O–H groups in total. The fourth-order valence-electron chi connectivity index (χ4n) is 1.61. The molecule has 72 valence electrons. The molecule has 2 rings (SSSR count). The van der Waals surface area contributed by atoms with Gasteiger partial charge in [0.1, 0.15) is 0 Å². The van der Waals surface area contributed by atoms with Crippen LogP contribution in [0.5, 0.6) is 0 Å². The summed E-state index contributed by atoms with van der Waals surface area (Å²) in [5.74, 6) is 0. The zero-order valence-corrected chi connectivity index (χ0v) is 11.9. The van der Waals surface area contributed by atoms with Gasteiger partial charge in [-0.25, -0.2) is 6.07 Å². The van der Waals surface area contributed by atoms with Crippen LogP contribution in [0.2, 0.25) is 0 Å². The number of fused-ring (bicyclic) bond motifs is 1. The third-order valence-corrected chi connectivity index (χ3v) is 2.15. The Bertz CT molecular complexity index is 190. The average Bonchev–Trinajstić information content (AvgIpc) is 2.33. The minimum absolute atomic E-state index is 0. The van der Waals surface area contributed by atoms with Crippen LogP contribution in [0.25, 0.3) is 0 Å². The topological polar surface area (TPSA) is 0 Å². The first-order valence-corrected chi connectivity index (χ1v) is 3.70. The maximum absolute atomic E-state index is 2.26. The van der Waals surface area contributed by atoms with Gasteiger partial charge in [0.25, 0.3) is 0 Å². The second-order valence-corrected chi connectivity index (χ2v) is 2.78. The molecular formula is C9H11Cl3Zr. The largest absolute Gasteiger partial charge is 4.00 e. The molecule has 13 heavy (non-hydrogen) atoms. The van der Waals surface area contributed by atoms with E-state index >= 15 is 0 Å². The van der Waals surface area contributed by atoms with Gasteiger partial charge in [-0.1, -0.05) is 25.7 Å². The molecule has 0 spiro atoms. The first-order valence-electron chi connectivity index (χ1n) is 3.70. The van der Waals surface area contributed by atoms with Crippen molar-refractivity contribution in [3.8, 4) is 0 Å². The van der Waals surface area contributed by atoms with Crippen LogP contribution < -0.4 is 37.2 Å². The van der Waals surface area contributed by atoms with E-state index in [2.05, 4.69) is 18.2 Å². The number of hydrogen-bond donors (Lipinski definition) is 0. The Morgan fingerprint density at radius 1 is 1.00 bits per heavy atom. The molecule has 0 bridgehead atoms. The minimum atomic E-state index is 0. The molecule has 0 fully saturated rings. The summed E-state index contributed by atoms with van der Waals surface area (Å²) >= 11 is 0. The summed E-state index contributed by atoms with van der Waals surface area (Å²) < 4.78 is 0. The van der Waals surface area contributed by atoms with Crippen molar-refractivity contribution in [3.63, 3.8) is 0 Å². The van der Waals surface area contributed by atoms with Gasteiger partial charge >= 0.3 is 26.2 Å². The molecule has 0 saturated heterocycles. The van der Waals surface area contributed by atoms with Gasteiger partial charge in [0.2, 0.25) is 0 Å². The van der Waals surface area contributed by atoms with Crippen molar-refractivity contribution in [2.24, 2.45) is 0 Å². The van der Waals surface area contributed by atoms with E-state index in [1.165, 1.54) is 25.7 Å². The van der Waals surface area contributed by atoms with Crippen LogP contribution in [0.4, 0.5) is 0 Å². The van der Waals surface area contributed by atoms with Crippen molar-refractivity contribution in [3.05, 3.63) is 29.3 Å². The summed E-state index contributed by atoms with van der Waals surface area (Å²) in [6, 6.07) is 6.69. The van der Waals surface area contributed by atoms with Crippen LogP contribution in [0.15, 0.2) is 18.2 Å². The first-order chi connectivity index (χ1) is 4.47. The molecule has 1 aromatic carbocycles. The molecule has 4 heteroatoms. The summed E-state index contributed by atoms with van der Waals surface area (Å²) in [5, 5.41) is 0. The number of hydrogen-bond acceptors (Lipinski definition) is 0. The van der Waals surface area contributed by atoms with E-state index in [4.69, 9.17) is 0 Å². The van der Waals surface area contributed by atoms with Crippen molar-refractivity contribution in [1.29, 1.82) is 0 Å². The van der Waals surface area contributed by atoms with Crippen LogP contribution in [-0.2, 0) is 39.0 Å². The van der Waals surface area contributed by atoms with E-state index in [1.54, 1.807) is 11.1 Å². The zero-order chi connectivity index (χ0) is 6.10. The average molecular weight is 317 g/mol. The first kappa shape index (κ1) is 19.6. The fraction of sp³-hybridized carbons (Fsp3) is 0.444. The normalized spacial score (nSPS) is 12.0. The number of rotatable bonds is 0. The predicted octanol–water partition coefficient (Wildman–Crippen LogP) is -6.71. The summed E-state index contributed by atoms with van der Waals surface area (Å²) in [7, 11) is 0. The van der Waals surface area contributed by atoms with Crippen molar-refractivity contribution in [2.45, 2.75) is 25.7 Å². The molecule has 0 nitrogen and oxygen atoms in total. The van der Waals surface area contributed by atoms with E-state index < -0.39 is 0 Å². The Morgan fingerprint density at radius 2 is 1.62 bits per heavy atom. The van der Waals surface area contributed by atoms with Crippen molar-refractivity contribution in [1.82, 2.24) is 0 Å². The van der Waals surface area contributed by atoms with Gasteiger partial charge in [-0.15, -0.1) is 0 Å². The molecule has 0 aliphatic heterocycles. The Labute approximate surface area is 118 Å². The van der Waals surface area contributed by atoms with Crippen LogP contribution in [0, 0.1) is 0 Å². The van der Waals surface area contributed by atoms with Gasteiger partial charge < -0.3 is 37.2 Å². The second-order valence-electron chi connectivity index (χ2n) is 2.78. The van der Waals surface area contributed by atoms with E-state index in [1.807, 2.05) is 0 Å². The summed E-state index contributed by atoms with van der Waals surface area (Å²) in [5.41, 5.74) is 3.20. The molecule has 0 atom stereocenters. The predicted molar refractivity (Wildman–Crippen MR) is 38.7 cm³/mol. The van der Waals surface area contributed by atoms with Crippen molar-refractivity contribution < 1.29 is 63.4 Å². The Hall–Kier alpha value is 1.10. The number of aryl methyl sites for hydroxylation is 2. The zero-order valence-electron chi connectivity index (χ0n) is 7.19. The van der Waals surface area contributed by atoms with E-state index in [-0.39, 0.29) is 63.4 Å². The Kier molecular flexibility index (Phi) is 14.6. The maximum Gasteiger partial charge on any atom is 4.00 e. The fourth-order valence-corrected chi connectivity index (χ4v) is 1.61.